The number of hydrogen-bond donors (Lipinski definition) is 2. The fraction of sp³-hybridized carbons (Fsp3) is 0.267. The van der Waals surface area contributed by atoms with Crippen LogP contribution in [0, 0.1) is 0 Å². The third kappa shape index (κ3) is 4.16. The van der Waals surface area contributed by atoms with Gasteiger partial charge in [0.1, 0.15) is 10.7 Å². The van der Waals surface area contributed by atoms with Gasteiger partial charge in [-0.25, -0.2) is 5.10 Å². The van der Waals surface area contributed by atoms with E-state index in [0.29, 0.717) is 5.69 Å². The van der Waals surface area contributed by atoms with Crippen LogP contribution in [0.5, 0.6) is 0 Å². The van der Waals surface area contributed by atoms with Gasteiger partial charge >= 0.3 is 0 Å². The Morgan fingerprint density at radius 3 is 2.86 bits per heavy atom. The number of aromatic nitrogens is 2. The summed E-state index contributed by atoms with van der Waals surface area (Å²) in [5.41, 5.74) is 4.76. The number of nitrogens with one attached hydrogen (secondary N) is 2. The maximum absolute atomic E-state index is 11.4. The van der Waals surface area contributed by atoms with Crippen LogP contribution in [-0.4, -0.2) is 15.9 Å². The lowest BCUT2D eigenvalue weighted by atomic mass is 10.1. The first-order chi connectivity index (χ1) is 10.2. The number of unbranched alkanes of at least 4 members (excludes halogenated alkanes) is 1. The second-order valence-corrected chi connectivity index (χ2v) is 4.94. The molecule has 5 nitrogen and oxygen atoms in total. The predicted octanol–water partition coefficient (Wildman–Crippen LogP) is 3.43. The van der Waals surface area contributed by atoms with Gasteiger partial charge in [0.15, 0.2) is 0 Å². The van der Waals surface area contributed by atoms with Crippen LogP contribution in [0.3, 0.4) is 0 Å². The van der Waals surface area contributed by atoms with Crippen molar-refractivity contribution < 1.29 is 0 Å². The second kappa shape index (κ2) is 7.59. The topological polar surface area (TPSA) is 70.1 Å². The molecule has 2 aromatic rings. The molecule has 2 N–H and O–H groups in total. The van der Waals surface area contributed by atoms with Crippen LogP contribution in [0.2, 0.25) is 5.02 Å². The van der Waals surface area contributed by atoms with E-state index in [1.54, 1.807) is 0 Å². The van der Waals surface area contributed by atoms with Crippen LogP contribution in [0.1, 0.15) is 31.7 Å². The zero-order chi connectivity index (χ0) is 15.1. The third-order valence-corrected chi connectivity index (χ3v) is 3.36. The van der Waals surface area contributed by atoms with Gasteiger partial charge in [0, 0.05) is 0 Å². The molecule has 0 bridgehead atoms. The highest BCUT2D eigenvalue weighted by atomic mass is 35.5. The highest BCUT2D eigenvalue weighted by molar-refractivity contribution is 6.32. The maximum atomic E-state index is 11.4. The molecule has 1 aromatic heterocycles. The molecule has 0 saturated carbocycles. The van der Waals surface area contributed by atoms with E-state index in [2.05, 4.69) is 27.6 Å². The van der Waals surface area contributed by atoms with E-state index in [9.17, 15) is 4.79 Å². The molecular weight excluding hydrogens is 288 g/mol. The lowest BCUT2D eigenvalue weighted by Gasteiger charge is -2.08. The summed E-state index contributed by atoms with van der Waals surface area (Å²) in [6.07, 6.45) is 4.41. The van der Waals surface area contributed by atoms with E-state index in [0.717, 1.165) is 30.5 Å². The first kappa shape index (κ1) is 15.3. The van der Waals surface area contributed by atoms with Crippen molar-refractivity contribution in [2.45, 2.75) is 26.2 Å². The zero-order valence-electron chi connectivity index (χ0n) is 11.8. The Hall–Kier alpha value is -2.14. The molecule has 6 heteroatoms. The van der Waals surface area contributed by atoms with Gasteiger partial charge in [0.2, 0.25) is 0 Å². The molecule has 0 amide bonds. The third-order valence-electron chi connectivity index (χ3n) is 2.98. The van der Waals surface area contributed by atoms with Crippen molar-refractivity contribution in [3.63, 3.8) is 0 Å². The molecule has 0 aliphatic carbocycles. The summed E-state index contributed by atoms with van der Waals surface area (Å²) >= 11 is 5.91. The standard InChI is InChI=1S/C15H17ClN4O/c1-2-3-9-12(11-7-5-4-6-8-11)18-19-13-10-17-20-15(21)14(13)16/h4-8,10H,2-3,9H2,1H3,(H2,19,20,21)/b18-12-. The van der Waals surface area contributed by atoms with Crippen molar-refractivity contribution >= 4 is 23.0 Å². The number of H-pyrrole nitrogens is 1. The largest absolute Gasteiger partial charge is 0.285 e. The van der Waals surface area contributed by atoms with E-state index in [-0.39, 0.29) is 5.02 Å². The summed E-state index contributed by atoms with van der Waals surface area (Å²) < 4.78 is 0. The molecule has 1 aromatic carbocycles. The van der Waals surface area contributed by atoms with E-state index in [4.69, 9.17) is 11.6 Å². The van der Waals surface area contributed by atoms with Crippen molar-refractivity contribution in [1.29, 1.82) is 0 Å². The van der Waals surface area contributed by atoms with Gasteiger partial charge < -0.3 is 0 Å². The Balaban J connectivity index is 2.24. The first-order valence-corrected chi connectivity index (χ1v) is 7.21. The molecule has 0 fully saturated rings. The van der Waals surface area contributed by atoms with E-state index >= 15 is 0 Å². The predicted molar refractivity (Wildman–Crippen MR) is 86.0 cm³/mol. The normalized spacial score (nSPS) is 11.4. The van der Waals surface area contributed by atoms with Gasteiger partial charge in [-0.05, 0) is 18.4 Å². The fourth-order valence-electron chi connectivity index (χ4n) is 1.83. The van der Waals surface area contributed by atoms with Crippen LogP contribution >= 0.6 is 11.6 Å². The van der Waals surface area contributed by atoms with E-state index in [1.807, 2.05) is 30.3 Å². The Kier molecular flexibility index (Phi) is 5.51. The van der Waals surface area contributed by atoms with E-state index < -0.39 is 5.56 Å². The zero-order valence-corrected chi connectivity index (χ0v) is 12.5. The van der Waals surface area contributed by atoms with Gasteiger partial charge in [-0.1, -0.05) is 55.3 Å². The van der Waals surface area contributed by atoms with Gasteiger partial charge in [-0.15, -0.1) is 0 Å². The Morgan fingerprint density at radius 2 is 2.14 bits per heavy atom. The summed E-state index contributed by atoms with van der Waals surface area (Å²) in [5.74, 6) is 0. The minimum atomic E-state index is -0.438. The molecule has 0 atom stereocenters. The minimum Gasteiger partial charge on any atom is -0.275 e. The molecule has 0 unspecified atom stereocenters. The fourth-order valence-corrected chi connectivity index (χ4v) is 1.96. The van der Waals surface area contributed by atoms with Crippen LogP contribution in [-0.2, 0) is 0 Å². The molecule has 1 heterocycles. The van der Waals surface area contributed by atoms with Crippen LogP contribution in [0.15, 0.2) is 46.4 Å². The smallest absolute Gasteiger partial charge is 0.275 e. The summed E-state index contributed by atoms with van der Waals surface area (Å²) in [6.45, 7) is 2.13. The summed E-state index contributed by atoms with van der Waals surface area (Å²) in [6, 6.07) is 9.92. The Bertz CT molecular complexity index is 667. The van der Waals surface area contributed by atoms with Gasteiger partial charge in [0.25, 0.3) is 5.56 Å². The molecule has 0 saturated heterocycles. The van der Waals surface area contributed by atoms with Crippen LogP contribution in [0.25, 0.3) is 0 Å². The number of rotatable bonds is 6. The number of hydrogen-bond acceptors (Lipinski definition) is 4. The number of benzene rings is 1. The number of nitrogens with zero attached hydrogens (tertiary/aromatic N) is 2. The van der Waals surface area contributed by atoms with E-state index in [1.165, 1.54) is 6.20 Å². The van der Waals surface area contributed by atoms with Crippen LogP contribution in [0.4, 0.5) is 5.69 Å². The molecule has 110 valence electrons. The number of hydrazone groups is 1. The minimum absolute atomic E-state index is 0.0525. The Morgan fingerprint density at radius 1 is 1.38 bits per heavy atom. The van der Waals surface area contributed by atoms with Gasteiger partial charge in [-0.3, -0.25) is 10.2 Å². The molecule has 0 spiro atoms. The highest BCUT2D eigenvalue weighted by Crippen LogP contribution is 2.15. The molecule has 0 aliphatic heterocycles. The summed E-state index contributed by atoms with van der Waals surface area (Å²) in [5, 5.41) is 10.4. The van der Waals surface area contributed by atoms with Crippen molar-refractivity contribution in [1.82, 2.24) is 10.2 Å². The second-order valence-electron chi connectivity index (χ2n) is 4.57. The van der Waals surface area contributed by atoms with Crippen molar-refractivity contribution in [3.8, 4) is 0 Å². The average Bonchev–Trinajstić information content (AvgIpc) is 2.52. The molecule has 0 radical (unpaired) electrons. The van der Waals surface area contributed by atoms with Crippen molar-refractivity contribution in [3.05, 3.63) is 57.5 Å². The van der Waals surface area contributed by atoms with Gasteiger partial charge in [0.05, 0.1) is 11.9 Å². The van der Waals surface area contributed by atoms with Crippen molar-refractivity contribution in [2.24, 2.45) is 5.10 Å². The Labute approximate surface area is 128 Å². The van der Waals surface area contributed by atoms with Crippen molar-refractivity contribution in [2.75, 3.05) is 5.43 Å². The molecule has 21 heavy (non-hydrogen) atoms. The highest BCUT2D eigenvalue weighted by Gasteiger charge is 2.06. The molecule has 0 aliphatic rings. The van der Waals surface area contributed by atoms with Crippen LogP contribution < -0.4 is 11.0 Å². The molecule has 2 rings (SSSR count). The number of anilines is 1. The maximum Gasteiger partial charge on any atom is 0.285 e. The summed E-state index contributed by atoms with van der Waals surface area (Å²) in [4.78, 5) is 11.4. The lowest BCUT2D eigenvalue weighted by Crippen LogP contribution is -2.11. The monoisotopic (exact) mass is 304 g/mol. The lowest BCUT2D eigenvalue weighted by molar-refractivity contribution is 0.834. The SMILES string of the molecule is CCCC/C(=N/Nc1cn[nH]c(=O)c1Cl)c1ccccc1. The molecular formula is C15H17ClN4O. The quantitative estimate of drug-likeness (QED) is 0.634. The van der Waals surface area contributed by atoms with Gasteiger partial charge in [-0.2, -0.15) is 10.2 Å². The average molecular weight is 305 g/mol. The summed E-state index contributed by atoms with van der Waals surface area (Å²) in [7, 11) is 0. The number of aromatic amines is 1. The first-order valence-electron chi connectivity index (χ1n) is 6.83. The number of halogens is 1.